The van der Waals surface area contributed by atoms with E-state index in [0.29, 0.717) is 47.1 Å². The maximum Gasteiger partial charge on any atom is 0.219 e. The fourth-order valence-corrected chi connectivity index (χ4v) is 2.97. The van der Waals surface area contributed by atoms with Crippen LogP contribution in [0.25, 0.3) is 0 Å². The number of phenolic OH excluding ortho intramolecular Hbond substituents is 1. The van der Waals surface area contributed by atoms with E-state index in [1.165, 1.54) is 13.1 Å². The summed E-state index contributed by atoms with van der Waals surface area (Å²) in [4.78, 5) is 15.8. The average molecular weight is 402 g/mol. The molecule has 1 heterocycles. The van der Waals surface area contributed by atoms with Crippen LogP contribution in [0.15, 0.2) is 54.7 Å². The second kappa shape index (κ2) is 9.57. The summed E-state index contributed by atoms with van der Waals surface area (Å²) in [5.41, 5.74) is 2.35. The zero-order valence-electron chi connectivity index (χ0n) is 16.9. The highest BCUT2D eigenvalue weighted by Crippen LogP contribution is 2.33. The third-order valence-corrected chi connectivity index (χ3v) is 4.52. The van der Waals surface area contributed by atoms with Gasteiger partial charge in [0.15, 0.2) is 5.78 Å². The van der Waals surface area contributed by atoms with E-state index in [4.69, 9.17) is 14.7 Å². The van der Waals surface area contributed by atoms with E-state index >= 15 is 0 Å². The Hall–Kier alpha value is -3.85. The third-order valence-electron chi connectivity index (χ3n) is 4.52. The van der Waals surface area contributed by atoms with Crippen LogP contribution >= 0.6 is 0 Å². The van der Waals surface area contributed by atoms with Crippen molar-refractivity contribution in [2.45, 2.75) is 33.3 Å². The maximum atomic E-state index is 11.7. The van der Waals surface area contributed by atoms with Crippen LogP contribution in [-0.4, -0.2) is 15.9 Å². The summed E-state index contributed by atoms with van der Waals surface area (Å²) in [7, 11) is 0. The lowest BCUT2D eigenvalue weighted by Crippen LogP contribution is -2.02. The fraction of sp³-hybridized carbons (Fsp3) is 0.208. The molecule has 1 aromatic heterocycles. The van der Waals surface area contributed by atoms with Crippen molar-refractivity contribution in [1.82, 2.24) is 4.98 Å². The van der Waals surface area contributed by atoms with Gasteiger partial charge in [0.2, 0.25) is 5.88 Å². The molecule has 152 valence electrons. The predicted molar refractivity (Wildman–Crippen MR) is 112 cm³/mol. The number of rotatable bonds is 8. The van der Waals surface area contributed by atoms with E-state index in [1.807, 2.05) is 37.3 Å². The molecule has 0 saturated carbocycles. The van der Waals surface area contributed by atoms with E-state index in [-0.39, 0.29) is 11.5 Å². The molecule has 0 spiro atoms. The third kappa shape index (κ3) is 4.95. The van der Waals surface area contributed by atoms with Crippen molar-refractivity contribution in [3.63, 3.8) is 0 Å². The molecule has 0 saturated heterocycles. The summed E-state index contributed by atoms with van der Waals surface area (Å²) in [6.07, 6.45) is 2.89. The molecule has 0 atom stereocenters. The van der Waals surface area contributed by atoms with Crippen LogP contribution in [0, 0.1) is 11.3 Å². The summed E-state index contributed by atoms with van der Waals surface area (Å²) < 4.78 is 11.6. The van der Waals surface area contributed by atoms with Gasteiger partial charge in [0.1, 0.15) is 29.9 Å². The summed E-state index contributed by atoms with van der Waals surface area (Å²) in [6, 6.07) is 16.0. The Bertz CT molecular complexity index is 1070. The summed E-state index contributed by atoms with van der Waals surface area (Å²) >= 11 is 0. The molecule has 1 N–H and O–H groups in total. The number of benzene rings is 2. The zero-order valence-corrected chi connectivity index (χ0v) is 16.9. The normalized spacial score (nSPS) is 10.3. The minimum Gasteiger partial charge on any atom is -0.507 e. The van der Waals surface area contributed by atoms with Gasteiger partial charge in [0.05, 0.1) is 11.1 Å². The molecule has 6 heteroatoms. The van der Waals surface area contributed by atoms with Crippen LogP contribution < -0.4 is 9.47 Å². The van der Waals surface area contributed by atoms with Gasteiger partial charge < -0.3 is 14.6 Å². The number of hydrogen-bond donors (Lipinski definition) is 1. The van der Waals surface area contributed by atoms with Crippen LogP contribution in [0.3, 0.4) is 0 Å². The van der Waals surface area contributed by atoms with Crippen molar-refractivity contribution in [3.8, 4) is 29.2 Å². The number of carbonyl (C=O) groups is 1. The molecule has 6 nitrogen and oxygen atoms in total. The molecule has 0 amide bonds. The molecule has 0 radical (unpaired) electrons. The first kappa shape index (κ1) is 20.9. The molecule has 0 aliphatic rings. The number of ketones is 1. The number of Topliss-reactive ketones (excluding diaryl/α,β-unsaturated/α-hetero) is 1. The number of pyridine rings is 1. The summed E-state index contributed by atoms with van der Waals surface area (Å²) in [6.45, 7) is 3.75. The molecule has 3 rings (SSSR count). The monoisotopic (exact) mass is 402 g/mol. The van der Waals surface area contributed by atoms with Crippen LogP contribution in [0.1, 0.15) is 47.3 Å². The van der Waals surface area contributed by atoms with E-state index in [1.54, 1.807) is 24.3 Å². The van der Waals surface area contributed by atoms with Gasteiger partial charge in [-0.1, -0.05) is 25.5 Å². The van der Waals surface area contributed by atoms with Gasteiger partial charge in [0.25, 0.3) is 0 Å². The van der Waals surface area contributed by atoms with Crippen molar-refractivity contribution in [1.29, 1.82) is 5.26 Å². The minimum atomic E-state index is -0.177. The SMILES string of the molecule is CCCc1c(OCc2ccc(Oc3ccc(C#N)cn3)cc2)ccc(C(C)=O)c1O. The quantitative estimate of drug-likeness (QED) is 0.522. The molecule has 2 aromatic carbocycles. The Morgan fingerprint density at radius 2 is 1.90 bits per heavy atom. The first-order chi connectivity index (χ1) is 14.5. The second-order valence-electron chi connectivity index (χ2n) is 6.78. The first-order valence-electron chi connectivity index (χ1n) is 9.63. The van der Waals surface area contributed by atoms with E-state index in [9.17, 15) is 9.90 Å². The Kier molecular flexibility index (Phi) is 6.66. The van der Waals surface area contributed by atoms with Crippen LogP contribution in [0.5, 0.6) is 23.1 Å². The largest absolute Gasteiger partial charge is 0.507 e. The van der Waals surface area contributed by atoms with Gasteiger partial charge in [0, 0.05) is 17.8 Å². The lowest BCUT2D eigenvalue weighted by atomic mass is 10.0. The lowest BCUT2D eigenvalue weighted by molar-refractivity contribution is 0.101. The van der Waals surface area contributed by atoms with Gasteiger partial charge in [-0.25, -0.2) is 4.98 Å². The number of aromatic nitrogens is 1. The summed E-state index contributed by atoms with van der Waals surface area (Å²) in [5, 5.41) is 19.2. The van der Waals surface area contributed by atoms with E-state index in [2.05, 4.69) is 4.98 Å². The summed E-state index contributed by atoms with van der Waals surface area (Å²) in [5.74, 6) is 1.42. The molecular weight excluding hydrogens is 380 g/mol. The fourth-order valence-electron chi connectivity index (χ4n) is 2.97. The Labute approximate surface area is 175 Å². The van der Waals surface area contributed by atoms with Crippen LogP contribution in [0.4, 0.5) is 0 Å². The highest BCUT2D eigenvalue weighted by atomic mass is 16.5. The van der Waals surface area contributed by atoms with E-state index < -0.39 is 0 Å². The molecule has 0 fully saturated rings. The first-order valence-corrected chi connectivity index (χ1v) is 9.63. The molecule has 30 heavy (non-hydrogen) atoms. The van der Waals surface area contributed by atoms with Crippen molar-refractivity contribution in [3.05, 3.63) is 77.0 Å². The van der Waals surface area contributed by atoms with Crippen molar-refractivity contribution in [2.24, 2.45) is 0 Å². The van der Waals surface area contributed by atoms with Crippen molar-refractivity contribution in [2.75, 3.05) is 0 Å². The van der Waals surface area contributed by atoms with Gasteiger partial charge in [-0.05, 0) is 49.2 Å². The molecule has 0 unspecified atom stereocenters. The smallest absolute Gasteiger partial charge is 0.219 e. The Morgan fingerprint density at radius 3 is 2.50 bits per heavy atom. The zero-order chi connectivity index (χ0) is 21.5. The molecule has 0 aliphatic carbocycles. The van der Waals surface area contributed by atoms with Gasteiger partial charge >= 0.3 is 0 Å². The number of nitriles is 1. The maximum absolute atomic E-state index is 11.7. The standard InChI is InChI=1S/C24H22N2O4/c1-3-4-21-22(11-10-20(16(2)27)24(21)28)29-15-17-5-8-19(9-6-17)30-23-12-7-18(13-25)14-26-23/h5-12,14,28H,3-4,15H2,1-2H3. The number of aromatic hydroxyl groups is 1. The number of nitrogens with zero attached hydrogens (tertiary/aromatic N) is 2. The molecule has 3 aromatic rings. The predicted octanol–water partition coefficient (Wildman–Crippen LogP) is 5.19. The Morgan fingerprint density at radius 1 is 1.13 bits per heavy atom. The number of phenols is 1. The average Bonchev–Trinajstić information content (AvgIpc) is 2.75. The Balaban J connectivity index is 1.68. The number of hydrogen-bond acceptors (Lipinski definition) is 6. The van der Waals surface area contributed by atoms with Crippen LogP contribution in [-0.2, 0) is 13.0 Å². The molecular formula is C24H22N2O4. The molecule has 0 bridgehead atoms. The topological polar surface area (TPSA) is 92.4 Å². The number of carbonyl (C=O) groups excluding carboxylic acids is 1. The van der Waals surface area contributed by atoms with E-state index in [0.717, 1.165) is 12.0 Å². The van der Waals surface area contributed by atoms with Gasteiger partial charge in [-0.2, -0.15) is 5.26 Å². The van der Waals surface area contributed by atoms with Crippen molar-refractivity contribution >= 4 is 5.78 Å². The van der Waals surface area contributed by atoms with Crippen LogP contribution in [0.2, 0.25) is 0 Å². The number of ether oxygens (including phenoxy) is 2. The van der Waals surface area contributed by atoms with Gasteiger partial charge in [-0.15, -0.1) is 0 Å². The molecule has 0 aliphatic heterocycles. The minimum absolute atomic E-state index is 0.000476. The highest BCUT2D eigenvalue weighted by molar-refractivity contribution is 5.97. The lowest BCUT2D eigenvalue weighted by Gasteiger charge is -2.15. The second-order valence-corrected chi connectivity index (χ2v) is 6.78. The van der Waals surface area contributed by atoms with Gasteiger partial charge in [-0.3, -0.25) is 4.79 Å². The highest BCUT2D eigenvalue weighted by Gasteiger charge is 2.16. The van der Waals surface area contributed by atoms with Crippen molar-refractivity contribution < 1.29 is 19.4 Å².